The van der Waals surface area contributed by atoms with Crippen LogP contribution in [0.1, 0.15) is 19.8 Å². The maximum atomic E-state index is 4.61. The van der Waals surface area contributed by atoms with Crippen molar-refractivity contribution in [3.63, 3.8) is 0 Å². The molecule has 1 atom stereocenters. The van der Waals surface area contributed by atoms with E-state index in [0.717, 1.165) is 23.7 Å². The van der Waals surface area contributed by atoms with Crippen molar-refractivity contribution in [3.05, 3.63) is 24.3 Å². The third-order valence-electron chi connectivity index (χ3n) is 3.69. The summed E-state index contributed by atoms with van der Waals surface area (Å²) in [6.45, 7) is 5.68. The van der Waals surface area contributed by atoms with Crippen molar-refractivity contribution in [2.45, 2.75) is 25.8 Å². The summed E-state index contributed by atoms with van der Waals surface area (Å²) in [4.78, 5) is 7.17. The lowest BCUT2D eigenvalue weighted by Crippen LogP contribution is -2.34. The van der Waals surface area contributed by atoms with Gasteiger partial charge in [0, 0.05) is 12.6 Å². The highest BCUT2D eigenvalue weighted by molar-refractivity contribution is 7.22. The highest BCUT2D eigenvalue weighted by Gasteiger charge is 2.22. The Labute approximate surface area is 112 Å². The van der Waals surface area contributed by atoms with Gasteiger partial charge in [0.25, 0.3) is 0 Å². The molecule has 1 aliphatic heterocycles. The molecular formula is C14H19N3S. The van der Waals surface area contributed by atoms with Crippen molar-refractivity contribution >= 4 is 26.7 Å². The van der Waals surface area contributed by atoms with E-state index in [0.29, 0.717) is 6.04 Å². The molecule has 2 heterocycles. The Morgan fingerprint density at radius 3 is 3.17 bits per heavy atom. The van der Waals surface area contributed by atoms with E-state index < -0.39 is 0 Å². The number of rotatable bonds is 4. The van der Waals surface area contributed by atoms with Gasteiger partial charge in [-0.25, -0.2) is 4.98 Å². The average molecular weight is 261 g/mol. The summed E-state index contributed by atoms with van der Waals surface area (Å²) in [6, 6.07) is 9.00. The number of thiazole rings is 1. The van der Waals surface area contributed by atoms with Crippen LogP contribution in [-0.2, 0) is 0 Å². The van der Waals surface area contributed by atoms with E-state index in [1.54, 1.807) is 11.3 Å². The molecule has 1 aliphatic rings. The SMILES string of the molecule is CCN1CCC[C@@H]1CNc1nc2ccccc2s1. The molecule has 4 heteroatoms. The van der Waals surface area contributed by atoms with Crippen LogP contribution in [0, 0.1) is 0 Å². The molecule has 1 N–H and O–H groups in total. The summed E-state index contributed by atoms with van der Waals surface area (Å²) in [6.07, 6.45) is 2.64. The fourth-order valence-corrected chi connectivity index (χ4v) is 3.57. The van der Waals surface area contributed by atoms with Gasteiger partial charge in [-0.15, -0.1) is 0 Å². The van der Waals surface area contributed by atoms with Crippen LogP contribution in [0.3, 0.4) is 0 Å². The lowest BCUT2D eigenvalue weighted by Gasteiger charge is -2.22. The first-order chi connectivity index (χ1) is 8.86. The van der Waals surface area contributed by atoms with Crippen LogP contribution in [0.15, 0.2) is 24.3 Å². The number of likely N-dealkylation sites (tertiary alicyclic amines) is 1. The topological polar surface area (TPSA) is 28.2 Å². The number of hydrogen-bond acceptors (Lipinski definition) is 4. The molecule has 0 radical (unpaired) electrons. The van der Waals surface area contributed by atoms with Crippen molar-refractivity contribution in [1.82, 2.24) is 9.88 Å². The number of fused-ring (bicyclic) bond motifs is 1. The van der Waals surface area contributed by atoms with E-state index in [2.05, 4.69) is 40.3 Å². The molecule has 0 bridgehead atoms. The Morgan fingerprint density at radius 2 is 2.33 bits per heavy atom. The molecule has 1 aromatic heterocycles. The number of hydrogen-bond donors (Lipinski definition) is 1. The summed E-state index contributed by atoms with van der Waals surface area (Å²) in [7, 11) is 0. The number of benzene rings is 1. The minimum Gasteiger partial charge on any atom is -0.360 e. The Morgan fingerprint density at radius 1 is 1.44 bits per heavy atom. The molecule has 0 spiro atoms. The number of nitrogens with one attached hydrogen (secondary N) is 1. The van der Waals surface area contributed by atoms with Gasteiger partial charge in [-0.3, -0.25) is 4.90 Å². The van der Waals surface area contributed by atoms with Crippen LogP contribution >= 0.6 is 11.3 Å². The number of para-hydroxylation sites is 1. The van der Waals surface area contributed by atoms with Crippen LogP contribution in [0.25, 0.3) is 10.2 Å². The fourth-order valence-electron chi connectivity index (χ4n) is 2.70. The Bertz CT molecular complexity index is 489. The van der Waals surface area contributed by atoms with E-state index in [1.807, 2.05) is 6.07 Å². The van der Waals surface area contributed by atoms with Gasteiger partial charge in [0.2, 0.25) is 0 Å². The lowest BCUT2D eigenvalue weighted by atomic mass is 10.2. The summed E-state index contributed by atoms with van der Waals surface area (Å²) < 4.78 is 1.26. The zero-order valence-electron chi connectivity index (χ0n) is 10.7. The first-order valence-corrected chi connectivity index (χ1v) is 7.52. The number of nitrogens with zero attached hydrogens (tertiary/aromatic N) is 2. The highest BCUT2D eigenvalue weighted by Crippen LogP contribution is 2.26. The van der Waals surface area contributed by atoms with E-state index >= 15 is 0 Å². The molecule has 0 saturated carbocycles. The second-order valence-electron chi connectivity index (χ2n) is 4.79. The van der Waals surface area contributed by atoms with Gasteiger partial charge in [-0.2, -0.15) is 0 Å². The molecular weight excluding hydrogens is 242 g/mol. The summed E-state index contributed by atoms with van der Waals surface area (Å²) in [5.74, 6) is 0. The minimum atomic E-state index is 0.682. The predicted octanol–water partition coefficient (Wildman–Crippen LogP) is 3.19. The van der Waals surface area contributed by atoms with Crippen molar-refractivity contribution in [3.8, 4) is 0 Å². The monoisotopic (exact) mass is 261 g/mol. The van der Waals surface area contributed by atoms with Gasteiger partial charge >= 0.3 is 0 Å². The molecule has 0 unspecified atom stereocenters. The van der Waals surface area contributed by atoms with Gasteiger partial charge in [0.15, 0.2) is 5.13 Å². The third-order valence-corrected chi connectivity index (χ3v) is 4.68. The van der Waals surface area contributed by atoms with Gasteiger partial charge in [0.1, 0.15) is 0 Å². The molecule has 0 aliphatic carbocycles. The first-order valence-electron chi connectivity index (χ1n) is 6.70. The molecule has 1 aromatic carbocycles. The van der Waals surface area contributed by atoms with Gasteiger partial charge in [-0.05, 0) is 38.1 Å². The first kappa shape index (κ1) is 11.9. The van der Waals surface area contributed by atoms with Crippen molar-refractivity contribution in [2.75, 3.05) is 25.0 Å². The van der Waals surface area contributed by atoms with E-state index in [1.165, 1.54) is 24.1 Å². The summed E-state index contributed by atoms with van der Waals surface area (Å²) in [5.41, 5.74) is 1.10. The van der Waals surface area contributed by atoms with Crippen LogP contribution in [0.5, 0.6) is 0 Å². The number of anilines is 1. The molecule has 3 nitrogen and oxygen atoms in total. The largest absolute Gasteiger partial charge is 0.360 e. The number of likely N-dealkylation sites (N-methyl/N-ethyl adjacent to an activating group) is 1. The Balaban J connectivity index is 1.66. The highest BCUT2D eigenvalue weighted by atomic mass is 32.1. The minimum absolute atomic E-state index is 0.682. The summed E-state index contributed by atoms with van der Waals surface area (Å²) in [5, 5.41) is 4.56. The summed E-state index contributed by atoms with van der Waals surface area (Å²) >= 11 is 1.75. The quantitative estimate of drug-likeness (QED) is 0.916. The molecule has 18 heavy (non-hydrogen) atoms. The lowest BCUT2D eigenvalue weighted by molar-refractivity contribution is 0.277. The zero-order chi connectivity index (χ0) is 12.4. The predicted molar refractivity (Wildman–Crippen MR) is 78.4 cm³/mol. The van der Waals surface area contributed by atoms with Crippen LogP contribution in [-0.4, -0.2) is 35.6 Å². The molecule has 1 fully saturated rings. The average Bonchev–Trinajstić information content (AvgIpc) is 3.01. The van der Waals surface area contributed by atoms with Crippen LogP contribution < -0.4 is 5.32 Å². The second-order valence-corrected chi connectivity index (χ2v) is 5.82. The second kappa shape index (κ2) is 5.24. The van der Waals surface area contributed by atoms with Gasteiger partial charge in [0.05, 0.1) is 10.2 Å². The maximum absolute atomic E-state index is 4.61. The Hall–Kier alpha value is -1.13. The normalized spacial score (nSPS) is 20.6. The molecule has 0 amide bonds. The Kier molecular flexibility index (Phi) is 3.48. The standard InChI is InChI=1S/C14H19N3S/c1-2-17-9-5-6-11(17)10-15-14-16-12-7-3-4-8-13(12)18-14/h3-4,7-8,11H,2,5-6,9-10H2,1H3,(H,15,16)/t11-/m1/s1. The molecule has 3 rings (SSSR count). The van der Waals surface area contributed by atoms with E-state index in [-0.39, 0.29) is 0 Å². The molecule has 96 valence electrons. The fraction of sp³-hybridized carbons (Fsp3) is 0.500. The number of aromatic nitrogens is 1. The zero-order valence-corrected chi connectivity index (χ0v) is 11.5. The van der Waals surface area contributed by atoms with Crippen LogP contribution in [0.4, 0.5) is 5.13 Å². The molecule has 2 aromatic rings. The van der Waals surface area contributed by atoms with Crippen molar-refractivity contribution in [2.24, 2.45) is 0 Å². The smallest absolute Gasteiger partial charge is 0.183 e. The van der Waals surface area contributed by atoms with Crippen molar-refractivity contribution < 1.29 is 0 Å². The van der Waals surface area contributed by atoms with Gasteiger partial charge in [-0.1, -0.05) is 30.4 Å². The van der Waals surface area contributed by atoms with Gasteiger partial charge < -0.3 is 5.32 Å². The van der Waals surface area contributed by atoms with Crippen LogP contribution in [0.2, 0.25) is 0 Å². The van der Waals surface area contributed by atoms with Crippen molar-refractivity contribution in [1.29, 1.82) is 0 Å². The maximum Gasteiger partial charge on any atom is 0.183 e. The van der Waals surface area contributed by atoms with E-state index in [9.17, 15) is 0 Å². The molecule has 1 saturated heterocycles. The third kappa shape index (κ3) is 2.35. The van der Waals surface area contributed by atoms with E-state index in [4.69, 9.17) is 0 Å².